The van der Waals surface area contributed by atoms with Gasteiger partial charge in [0.25, 0.3) is 0 Å². The number of hydrogen-bond donors (Lipinski definition) is 2. The number of amides is 3. The predicted octanol–water partition coefficient (Wildman–Crippen LogP) is 1.09. The zero-order chi connectivity index (χ0) is 13.7. The van der Waals surface area contributed by atoms with E-state index in [1.807, 2.05) is 30.3 Å². The Balaban J connectivity index is 1.84. The number of rotatable bonds is 3. The van der Waals surface area contributed by atoms with E-state index in [1.165, 1.54) is 4.90 Å². The van der Waals surface area contributed by atoms with Gasteiger partial charge in [-0.2, -0.15) is 0 Å². The SMILES string of the molecule is NC(=O)N1CCCC(C(=O)NCc2ccccc2)C1. The molecule has 1 aromatic rings. The highest BCUT2D eigenvalue weighted by Crippen LogP contribution is 2.16. The monoisotopic (exact) mass is 261 g/mol. The Labute approximate surface area is 112 Å². The van der Waals surface area contributed by atoms with Crippen molar-refractivity contribution in [2.75, 3.05) is 13.1 Å². The fourth-order valence-electron chi connectivity index (χ4n) is 2.32. The van der Waals surface area contributed by atoms with E-state index in [1.54, 1.807) is 0 Å². The molecule has 0 spiro atoms. The number of hydrogen-bond acceptors (Lipinski definition) is 2. The molecule has 0 radical (unpaired) electrons. The molecule has 1 fully saturated rings. The molecule has 1 aliphatic rings. The number of carbonyl (C=O) groups excluding carboxylic acids is 2. The maximum absolute atomic E-state index is 12.0. The van der Waals surface area contributed by atoms with E-state index in [2.05, 4.69) is 5.32 Å². The van der Waals surface area contributed by atoms with Crippen molar-refractivity contribution >= 4 is 11.9 Å². The number of nitrogens with two attached hydrogens (primary N) is 1. The Morgan fingerprint density at radius 2 is 2.05 bits per heavy atom. The normalized spacial score (nSPS) is 18.9. The first kappa shape index (κ1) is 13.4. The molecule has 3 amide bonds. The molecular weight excluding hydrogens is 242 g/mol. The smallest absolute Gasteiger partial charge is 0.314 e. The number of carbonyl (C=O) groups is 2. The number of urea groups is 1. The summed E-state index contributed by atoms with van der Waals surface area (Å²) >= 11 is 0. The fraction of sp³-hybridized carbons (Fsp3) is 0.429. The molecular formula is C14H19N3O2. The number of nitrogens with zero attached hydrogens (tertiary/aromatic N) is 1. The summed E-state index contributed by atoms with van der Waals surface area (Å²) in [6.07, 6.45) is 1.64. The Morgan fingerprint density at radius 1 is 1.32 bits per heavy atom. The second kappa shape index (κ2) is 6.22. The number of piperidine rings is 1. The summed E-state index contributed by atoms with van der Waals surface area (Å²) in [4.78, 5) is 24.7. The highest BCUT2D eigenvalue weighted by atomic mass is 16.2. The van der Waals surface area contributed by atoms with E-state index < -0.39 is 6.03 Å². The van der Waals surface area contributed by atoms with Crippen molar-refractivity contribution in [1.29, 1.82) is 0 Å². The molecule has 1 aliphatic heterocycles. The maximum Gasteiger partial charge on any atom is 0.314 e. The van der Waals surface area contributed by atoms with Gasteiger partial charge in [0.2, 0.25) is 5.91 Å². The zero-order valence-corrected chi connectivity index (χ0v) is 10.8. The van der Waals surface area contributed by atoms with Gasteiger partial charge in [0, 0.05) is 19.6 Å². The summed E-state index contributed by atoms with van der Waals surface area (Å²) in [6, 6.07) is 9.32. The van der Waals surface area contributed by atoms with Crippen LogP contribution >= 0.6 is 0 Å². The van der Waals surface area contributed by atoms with Crippen molar-refractivity contribution < 1.29 is 9.59 Å². The summed E-state index contributed by atoms with van der Waals surface area (Å²) in [6.45, 7) is 1.60. The Bertz CT molecular complexity index is 447. The molecule has 0 aliphatic carbocycles. The summed E-state index contributed by atoms with van der Waals surface area (Å²) < 4.78 is 0. The second-order valence-corrected chi connectivity index (χ2v) is 4.83. The molecule has 0 saturated carbocycles. The highest BCUT2D eigenvalue weighted by Gasteiger charge is 2.27. The van der Waals surface area contributed by atoms with Gasteiger partial charge in [0.15, 0.2) is 0 Å². The average Bonchev–Trinajstić information content (AvgIpc) is 2.46. The molecule has 5 heteroatoms. The lowest BCUT2D eigenvalue weighted by molar-refractivity contribution is -0.126. The van der Waals surface area contributed by atoms with Gasteiger partial charge >= 0.3 is 6.03 Å². The standard InChI is InChI=1S/C14H19N3O2/c15-14(19)17-8-4-7-12(10-17)13(18)16-9-11-5-2-1-3-6-11/h1-3,5-6,12H,4,7-10H2,(H2,15,19)(H,16,18). The van der Waals surface area contributed by atoms with Crippen molar-refractivity contribution in [3.05, 3.63) is 35.9 Å². The molecule has 3 N–H and O–H groups in total. The molecule has 102 valence electrons. The van der Waals surface area contributed by atoms with Crippen LogP contribution in [0, 0.1) is 5.92 Å². The lowest BCUT2D eigenvalue weighted by atomic mass is 9.97. The minimum Gasteiger partial charge on any atom is -0.352 e. The van der Waals surface area contributed by atoms with Crippen LogP contribution in [0.25, 0.3) is 0 Å². The average molecular weight is 261 g/mol. The summed E-state index contributed by atoms with van der Waals surface area (Å²) in [5, 5.41) is 2.91. The van der Waals surface area contributed by atoms with Gasteiger partial charge in [-0.15, -0.1) is 0 Å². The van der Waals surface area contributed by atoms with E-state index >= 15 is 0 Å². The second-order valence-electron chi connectivity index (χ2n) is 4.83. The largest absolute Gasteiger partial charge is 0.352 e. The Morgan fingerprint density at radius 3 is 2.74 bits per heavy atom. The first-order valence-electron chi connectivity index (χ1n) is 6.53. The van der Waals surface area contributed by atoms with E-state index in [9.17, 15) is 9.59 Å². The molecule has 2 rings (SSSR count). The Hall–Kier alpha value is -2.04. The van der Waals surface area contributed by atoms with E-state index in [4.69, 9.17) is 5.73 Å². The van der Waals surface area contributed by atoms with Gasteiger partial charge in [-0.1, -0.05) is 30.3 Å². The van der Waals surface area contributed by atoms with Gasteiger partial charge in [-0.25, -0.2) is 4.79 Å². The summed E-state index contributed by atoms with van der Waals surface area (Å²) in [5.74, 6) is -0.153. The van der Waals surface area contributed by atoms with E-state index in [0.29, 0.717) is 19.6 Å². The van der Waals surface area contributed by atoms with Crippen LogP contribution in [0.5, 0.6) is 0 Å². The topological polar surface area (TPSA) is 75.4 Å². The molecule has 5 nitrogen and oxygen atoms in total. The maximum atomic E-state index is 12.0. The molecule has 1 aromatic carbocycles. The zero-order valence-electron chi connectivity index (χ0n) is 10.8. The molecule has 1 heterocycles. The quantitative estimate of drug-likeness (QED) is 0.854. The van der Waals surface area contributed by atoms with Gasteiger partial charge in [0.1, 0.15) is 0 Å². The van der Waals surface area contributed by atoms with Crippen LogP contribution in [-0.4, -0.2) is 29.9 Å². The number of primary amides is 1. The molecule has 1 saturated heterocycles. The lowest BCUT2D eigenvalue weighted by Gasteiger charge is -2.30. The van der Waals surface area contributed by atoms with Gasteiger partial charge in [-0.05, 0) is 18.4 Å². The summed E-state index contributed by atoms with van der Waals surface area (Å²) in [7, 11) is 0. The molecule has 0 aromatic heterocycles. The van der Waals surface area contributed by atoms with Crippen molar-refractivity contribution in [1.82, 2.24) is 10.2 Å². The van der Waals surface area contributed by atoms with Crippen LogP contribution in [0.15, 0.2) is 30.3 Å². The van der Waals surface area contributed by atoms with Crippen molar-refractivity contribution in [3.8, 4) is 0 Å². The first-order chi connectivity index (χ1) is 9.16. The summed E-state index contributed by atoms with van der Waals surface area (Å²) in [5.41, 5.74) is 6.32. The number of nitrogens with one attached hydrogen (secondary N) is 1. The third-order valence-electron chi connectivity index (χ3n) is 3.41. The van der Waals surface area contributed by atoms with Crippen LogP contribution in [0.4, 0.5) is 4.79 Å². The van der Waals surface area contributed by atoms with E-state index in [-0.39, 0.29) is 11.8 Å². The van der Waals surface area contributed by atoms with Crippen molar-refractivity contribution in [2.24, 2.45) is 11.7 Å². The van der Waals surface area contributed by atoms with Crippen LogP contribution in [-0.2, 0) is 11.3 Å². The van der Waals surface area contributed by atoms with Crippen LogP contribution in [0.3, 0.4) is 0 Å². The van der Waals surface area contributed by atoms with Gasteiger partial charge in [0.05, 0.1) is 5.92 Å². The number of likely N-dealkylation sites (tertiary alicyclic amines) is 1. The van der Waals surface area contributed by atoms with Crippen molar-refractivity contribution in [2.45, 2.75) is 19.4 Å². The first-order valence-corrected chi connectivity index (χ1v) is 6.53. The molecule has 1 atom stereocenters. The fourth-order valence-corrected chi connectivity index (χ4v) is 2.32. The third-order valence-corrected chi connectivity index (χ3v) is 3.41. The minimum absolute atomic E-state index is 0.00481. The van der Waals surface area contributed by atoms with E-state index in [0.717, 1.165) is 18.4 Å². The molecule has 19 heavy (non-hydrogen) atoms. The van der Waals surface area contributed by atoms with Crippen molar-refractivity contribution in [3.63, 3.8) is 0 Å². The number of benzene rings is 1. The lowest BCUT2D eigenvalue weighted by Crippen LogP contribution is -2.47. The van der Waals surface area contributed by atoms with Gasteiger partial charge in [-0.3, -0.25) is 4.79 Å². The van der Waals surface area contributed by atoms with Crippen LogP contribution in [0.2, 0.25) is 0 Å². The highest BCUT2D eigenvalue weighted by molar-refractivity contribution is 5.80. The third kappa shape index (κ3) is 3.71. The van der Waals surface area contributed by atoms with Gasteiger partial charge < -0.3 is 16.0 Å². The van der Waals surface area contributed by atoms with Crippen LogP contribution < -0.4 is 11.1 Å². The predicted molar refractivity (Wildman–Crippen MR) is 72.2 cm³/mol. The molecule has 1 unspecified atom stereocenters. The minimum atomic E-state index is -0.444. The Kier molecular flexibility index (Phi) is 4.39. The van der Waals surface area contributed by atoms with Crippen LogP contribution in [0.1, 0.15) is 18.4 Å². The molecule has 0 bridgehead atoms.